The van der Waals surface area contributed by atoms with Crippen LogP contribution < -0.4 is 14.4 Å². The largest absolute Gasteiger partial charge is 0.476 e. The van der Waals surface area contributed by atoms with Gasteiger partial charge in [0.25, 0.3) is 5.91 Å². The van der Waals surface area contributed by atoms with Gasteiger partial charge < -0.3 is 14.8 Å². The van der Waals surface area contributed by atoms with E-state index in [2.05, 4.69) is 10.1 Å². The molecule has 1 aliphatic heterocycles. The summed E-state index contributed by atoms with van der Waals surface area (Å²) in [5.41, 5.74) is 0.597. The zero-order chi connectivity index (χ0) is 21.3. The van der Waals surface area contributed by atoms with Gasteiger partial charge in [-0.15, -0.1) is 0 Å². The van der Waals surface area contributed by atoms with Crippen LogP contribution in [0.1, 0.15) is 10.4 Å². The molecule has 0 radical (unpaired) electrons. The average molecular weight is 459 g/mol. The summed E-state index contributed by atoms with van der Waals surface area (Å²) in [7, 11) is -2.47. The van der Waals surface area contributed by atoms with Crippen molar-refractivity contribution < 1.29 is 27.5 Å². The molecule has 3 rings (SSSR count). The highest BCUT2D eigenvalue weighted by atomic mass is 35.5. The van der Waals surface area contributed by atoms with Crippen molar-refractivity contribution in [2.24, 2.45) is 0 Å². The average Bonchev–Trinajstić information content (AvgIpc) is 2.67. The molecular weight excluding hydrogens is 443 g/mol. The molecule has 0 bridgehead atoms. The molecule has 2 aromatic rings. The Kier molecular flexibility index (Phi) is 5.92. The number of carbonyl (C=O) groups is 2. The molecule has 0 saturated carbocycles. The van der Waals surface area contributed by atoms with Gasteiger partial charge in [-0.1, -0.05) is 23.2 Å². The molecule has 2 aromatic carbocycles. The number of benzene rings is 2. The van der Waals surface area contributed by atoms with Gasteiger partial charge in [-0.3, -0.25) is 9.10 Å². The SMILES string of the molecule is COC(=O)c1ccc(Cl)c(NC(=O)C2CN(S(C)(=O)=O)c3cc(Cl)ccc3O2)c1. The number of halogens is 2. The van der Waals surface area contributed by atoms with Crippen molar-refractivity contribution in [2.45, 2.75) is 6.10 Å². The Bertz CT molecular complexity index is 1090. The fourth-order valence-electron chi connectivity index (χ4n) is 2.75. The van der Waals surface area contributed by atoms with Crippen LogP contribution in [0.4, 0.5) is 11.4 Å². The quantitative estimate of drug-likeness (QED) is 0.706. The van der Waals surface area contributed by atoms with Crippen molar-refractivity contribution in [3.05, 3.63) is 52.0 Å². The molecule has 0 aliphatic carbocycles. The lowest BCUT2D eigenvalue weighted by Crippen LogP contribution is -2.48. The van der Waals surface area contributed by atoms with Gasteiger partial charge in [0.2, 0.25) is 10.0 Å². The lowest BCUT2D eigenvalue weighted by atomic mass is 10.2. The van der Waals surface area contributed by atoms with Crippen LogP contribution in [0.5, 0.6) is 5.75 Å². The van der Waals surface area contributed by atoms with Crippen molar-refractivity contribution >= 4 is 56.5 Å². The molecule has 0 aromatic heterocycles. The molecule has 1 aliphatic rings. The first kappa shape index (κ1) is 21.2. The second kappa shape index (κ2) is 8.10. The van der Waals surface area contributed by atoms with E-state index < -0.39 is 28.0 Å². The molecule has 11 heteroatoms. The third-order valence-electron chi connectivity index (χ3n) is 4.13. The Hall–Kier alpha value is -2.49. The topological polar surface area (TPSA) is 102 Å². The maximum Gasteiger partial charge on any atom is 0.337 e. The number of fused-ring (bicyclic) bond motifs is 1. The molecule has 1 unspecified atom stereocenters. The molecule has 1 atom stereocenters. The summed E-state index contributed by atoms with van der Waals surface area (Å²) in [4.78, 5) is 24.5. The van der Waals surface area contributed by atoms with E-state index in [9.17, 15) is 18.0 Å². The molecular formula is C18H16Cl2N2O6S. The summed E-state index contributed by atoms with van der Waals surface area (Å²) in [6.45, 7) is -0.258. The van der Waals surface area contributed by atoms with E-state index in [0.717, 1.165) is 10.6 Å². The molecule has 1 heterocycles. The summed E-state index contributed by atoms with van der Waals surface area (Å²) >= 11 is 12.1. The van der Waals surface area contributed by atoms with E-state index in [1.54, 1.807) is 0 Å². The third-order valence-corrected chi connectivity index (χ3v) is 5.84. The molecule has 0 fully saturated rings. The number of nitrogens with one attached hydrogen (secondary N) is 1. The van der Waals surface area contributed by atoms with Gasteiger partial charge in [0.1, 0.15) is 5.75 Å². The Morgan fingerprint density at radius 1 is 1.21 bits per heavy atom. The minimum atomic E-state index is -3.70. The van der Waals surface area contributed by atoms with E-state index >= 15 is 0 Å². The lowest BCUT2D eigenvalue weighted by molar-refractivity contribution is -0.122. The summed E-state index contributed by atoms with van der Waals surface area (Å²) in [5.74, 6) is -1.04. The van der Waals surface area contributed by atoms with Crippen LogP contribution in [0.15, 0.2) is 36.4 Å². The fraction of sp³-hybridized carbons (Fsp3) is 0.222. The Morgan fingerprint density at radius 2 is 1.93 bits per heavy atom. The molecule has 154 valence electrons. The molecule has 1 N–H and O–H groups in total. The van der Waals surface area contributed by atoms with E-state index in [1.807, 2.05) is 0 Å². The number of hydrogen-bond acceptors (Lipinski definition) is 6. The van der Waals surface area contributed by atoms with Gasteiger partial charge in [-0.05, 0) is 36.4 Å². The number of sulfonamides is 1. The number of methoxy groups -OCH3 is 1. The molecule has 1 amide bonds. The lowest BCUT2D eigenvalue weighted by Gasteiger charge is -2.34. The van der Waals surface area contributed by atoms with Gasteiger partial charge in [0, 0.05) is 5.02 Å². The van der Waals surface area contributed by atoms with Crippen LogP contribution in [0.3, 0.4) is 0 Å². The smallest absolute Gasteiger partial charge is 0.337 e. The third kappa shape index (κ3) is 4.58. The molecule has 8 nitrogen and oxygen atoms in total. The Morgan fingerprint density at radius 3 is 2.59 bits per heavy atom. The Balaban J connectivity index is 1.89. The van der Waals surface area contributed by atoms with Crippen molar-refractivity contribution in [2.75, 3.05) is 29.5 Å². The van der Waals surface area contributed by atoms with Crippen LogP contribution >= 0.6 is 23.2 Å². The fourth-order valence-corrected chi connectivity index (χ4v) is 3.99. The van der Waals surface area contributed by atoms with E-state index in [-0.39, 0.29) is 34.3 Å². The maximum absolute atomic E-state index is 12.8. The highest BCUT2D eigenvalue weighted by Crippen LogP contribution is 2.37. The number of nitrogens with zero attached hydrogens (tertiary/aromatic N) is 1. The van der Waals surface area contributed by atoms with Crippen LogP contribution in [-0.2, 0) is 19.6 Å². The summed E-state index contributed by atoms with van der Waals surface area (Å²) in [6, 6.07) is 8.70. The maximum atomic E-state index is 12.8. The van der Waals surface area contributed by atoms with Gasteiger partial charge >= 0.3 is 5.97 Å². The van der Waals surface area contributed by atoms with Crippen LogP contribution in [0.25, 0.3) is 0 Å². The number of carbonyl (C=O) groups excluding carboxylic acids is 2. The van der Waals surface area contributed by atoms with Crippen molar-refractivity contribution in [1.29, 1.82) is 0 Å². The summed E-state index contributed by atoms with van der Waals surface area (Å²) in [5, 5.41) is 3.08. The number of esters is 1. The van der Waals surface area contributed by atoms with Crippen LogP contribution in [0.2, 0.25) is 10.0 Å². The van der Waals surface area contributed by atoms with Crippen LogP contribution in [-0.4, -0.2) is 46.3 Å². The molecule has 0 saturated heterocycles. The van der Waals surface area contributed by atoms with E-state index in [1.165, 1.54) is 43.5 Å². The second-order valence-electron chi connectivity index (χ2n) is 6.19. The summed E-state index contributed by atoms with van der Waals surface area (Å²) < 4.78 is 35.8. The van der Waals surface area contributed by atoms with Gasteiger partial charge in [0.05, 0.1) is 41.9 Å². The second-order valence-corrected chi connectivity index (χ2v) is 8.94. The van der Waals surface area contributed by atoms with Crippen molar-refractivity contribution in [3.8, 4) is 5.75 Å². The first-order valence-electron chi connectivity index (χ1n) is 8.23. The van der Waals surface area contributed by atoms with Gasteiger partial charge in [0.15, 0.2) is 6.10 Å². The molecule has 29 heavy (non-hydrogen) atoms. The zero-order valence-corrected chi connectivity index (χ0v) is 17.6. The predicted molar refractivity (Wildman–Crippen MR) is 109 cm³/mol. The normalized spacial score (nSPS) is 15.9. The first-order chi connectivity index (χ1) is 13.6. The minimum absolute atomic E-state index is 0.163. The van der Waals surface area contributed by atoms with E-state index in [0.29, 0.717) is 5.02 Å². The number of rotatable bonds is 4. The first-order valence-corrected chi connectivity index (χ1v) is 10.8. The molecule has 0 spiro atoms. The van der Waals surface area contributed by atoms with Crippen molar-refractivity contribution in [3.63, 3.8) is 0 Å². The zero-order valence-electron chi connectivity index (χ0n) is 15.3. The van der Waals surface area contributed by atoms with Crippen LogP contribution in [0, 0.1) is 0 Å². The number of ether oxygens (including phenoxy) is 2. The monoisotopic (exact) mass is 458 g/mol. The number of hydrogen-bond donors (Lipinski definition) is 1. The highest BCUT2D eigenvalue weighted by molar-refractivity contribution is 7.92. The van der Waals surface area contributed by atoms with Gasteiger partial charge in [-0.25, -0.2) is 13.2 Å². The predicted octanol–water partition coefficient (Wildman–Crippen LogP) is 2.95. The van der Waals surface area contributed by atoms with Crippen molar-refractivity contribution in [1.82, 2.24) is 0 Å². The summed E-state index contributed by atoms with van der Waals surface area (Å²) in [6.07, 6.45) is -0.134. The highest BCUT2D eigenvalue weighted by Gasteiger charge is 2.35. The minimum Gasteiger partial charge on any atom is -0.476 e. The number of anilines is 2. The van der Waals surface area contributed by atoms with Gasteiger partial charge in [-0.2, -0.15) is 0 Å². The Labute approximate surface area is 177 Å². The number of amides is 1. The standard InChI is InChI=1S/C18H16Cl2N2O6S/c1-27-18(24)10-3-5-12(20)13(7-10)21-17(23)16-9-22(29(2,25)26)14-8-11(19)4-6-15(14)28-16/h3-8,16H,9H2,1-2H3,(H,21,23). The van der Waals surface area contributed by atoms with E-state index in [4.69, 9.17) is 27.9 Å².